The summed E-state index contributed by atoms with van der Waals surface area (Å²) in [5.74, 6) is 0.576. The van der Waals surface area contributed by atoms with Crippen LogP contribution in [-0.2, 0) is 0 Å². The Hall–Kier alpha value is -0.850. The van der Waals surface area contributed by atoms with Crippen LogP contribution >= 0.6 is 0 Å². The molecule has 72 valence electrons. The summed E-state index contributed by atoms with van der Waals surface area (Å²) < 4.78 is 0. The van der Waals surface area contributed by atoms with E-state index >= 15 is 0 Å². The third kappa shape index (κ3) is 1.74. The van der Waals surface area contributed by atoms with Gasteiger partial charge in [-0.15, -0.1) is 0 Å². The molecule has 0 atom stereocenters. The van der Waals surface area contributed by atoms with Crippen LogP contribution in [0.2, 0.25) is 0 Å². The first kappa shape index (κ1) is 10.2. The van der Waals surface area contributed by atoms with E-state index in [9.17, 15) is 0 Å². The summed E-state index contributed by atoms with van der Waals surface area (Å²) in [5, 5.41) is 0. The van der Waals surface area contributed by atoms with Gasteiger partial charge in [0.15, 0.2) is 0 Å². The van der Waals surface area contributed by atoms with E-state index in [1.807, 2.05) is 0 Å². The summed E-state index contributed by atoms with van der Waals surface area (Å²) in [6.45, 7) is 13.0. The van der Waals surface area contributed by atoms with Gasteiger partial charge < -0.3 is 0 Å². The van der Waals surface area contributed by atoms with Crippen LogP contribution in [0.25, 0.3) is 0 Å². The van der Waals surface area contributed by atoms with E-state index in [-0.39, 0.29) is 0 Å². The third-order valence-corrected chi connectivity index (χ3v) is 2.81. The van der Waals surface area contributed by atoms with Crippen molar-refractivity contribution in [3.05, 3.63) is 28.1 Å². The van der Waals surface area contributed by atoms with Crippen molar-refractivity contribution in [2.75, 3.05) is 0 Å². The van der Waals surface area contributed by atoms with E-state index in [0.29, 0.717) is 5.92 Å². The van der Waals surface area contributed by atoms with Crippen LogP contribution in [0.5, 0.6) is 0 Å². The van der Waals surface area contributed by atoms with Gasteiger partial charge >= 0.3 is 0 Å². The van der Waals surface area contributed by atoms with Crippen molar-refractivity contribution in [2.45, 2.75) is 47.5 Å². The summed E-state index contributed by atoms with van der Waals surface area (Å²) in [6.07, 6.45) is 0. The van der Waals surface area contributed by atoms with Crippen LogP contribution in [-0.4, -0.2) is 4.98 Å². The fraction of sp³-hybridized carbons (Fsp3) is 0.583. The molecule has 0 bridgehead atoms. The lowest BCUT2D eigenvalue weighted by Gasteiger charge is -2.16. The van der Waals surface area contributed by atoms with E-state index < -0.39 is 0 Å². The van der Waals surface area contributed by atoms with Gasteiger partial charge in [0.2, 0.25) is 0 Å². The molecule has 13 heavy (non-hydrogen) atoms. The molecule has 0 amide bonds. The molecule has 0 saturated heterocycles. The molecule has 1 nitrogen and oxygen atoms in total. The standard InChI is InChI=1S/C12H19N/c1-7(2)12-9(4)8(3)10(5)13-11(12)6/h7H,1-6H3. The average Bonchev–Trinajstić information content (AvgIpc) is 1.99. The van der Waals surface area contributed by atoms with Crippen LogP contribution in [0, 0.1) is 27.7 Å². The highest BCUT2D eigenvalue weighted by molar-refractivity contribution is 5.39. The molecule has 0 fully saturated rings. The molecule has 0 saturated carbocycles. The lowest BCUT2D eigenvalue weighted by Crippen LogP contribution is -2.03. The Balaban J connectivity index is 3.44. The van der Waals surface area contributed by atoms with Crippen molar-refractivity contribution in [2.24, 2.45) is 0 Å². The van der Waals surface area contributed by atoms with E-state index in [1.165, 1.54) is 28.1 Å². The second kappa shape index (κ2) is 3.49. The number of pyridine rings is 1. The molecule has 0 spiro atoms. The van der Waals surface area contributed by atoms with Crippen molar-refractivity contribution in [1.29, 1.82) is 0 Å². The molecule has 1 rings (SSSR count). The van der Waals surface area contributed by atoms with E-state index in [4.69, 9.17) is 0 Å². The Bertz CT molecular complexity index is 324. The number of nitrogens with zero attached hydrogens (tertiary/aromatic N) is 1. The number of aryl methyl sites for hydroxylation is 2. The van der Waals surface area contributed by atoms with E-state index in [0.717, 1.165) is 0 Å². The minimum absolute atomic E-state index is 0.576. The summed E-state index contributed by atoms with van der Waals surface area (Å²) in [5.41, 5.74) is 6.53. The molecule has 0 aliphatic rings. The molecule has 0 unspecified atom stereocenters. The predicted molar refractivity (Wildman–Crippen MR) is 57.3 cm³/mol. The van der Waals surface area contributed by atoms with Gasteiger partial charge in [-0.05, 0) is 50.3 Å². The number of hydrogen-bond donors (Lipinski definition) is 0. The Labute approximate surface area is 81.2 Å². The highest BCUT2D eigenvalue weighted by Gasteiger charge is 2.11. The molecule has 1 aromatic rings. The summed E-state index contributed by atoms with van der Waals surface area (Å²) in [4.78, 5) is 4.56. The molecule has 1 aromatic heterocycles. The highest BCUT2D eigenvalue weighted by Crippen LogP contribution is 2.25. The van der Waals surface area contributed by atoms with Gasteiger partial charge in [0, 0.05) is 11.4 Å². The first-order chi connectivity index (χ1) is 5.95. The zero-order valence-corrected chi connectivity index (χ0v) is 9.52. The average molecular weight is 177 g/mol. The van der Waals surface area contributed by atoms with Gasteiger partial charge in [-0.25, -0.2) is 0 Å². The number of aromatic nitrogens is 1. The van der Waals surface area contributed by atoms with Gasteiger partial charge in [0.1, 0.15) is 0 Å². The van der Waals surface area contributed by atoms with Gasteiger partial charge in [0.25, 0.3) is 0 Å². The second-order valence-electron chi connectivity index (χ2n) is 4.10. The maximum absolute atomic E-state index is 4.56. The lowest BCUT2D eigenvalue weighted by molar-refractivity contribution is 0.822. The Morgan fingerprint density at radius 2 is 1.38 bits per heavy atom. The smallest absolute Gasteiger partial charge is 0.0413 e. The lowest BCUT2D eigenvalue weighted by atomic mass is 9.93. The van der Waals surface area contributed by atoms with Crippen molar-refractivity contribution in [3.63, 3.8) is 0 Å². The Kier molecular flexibility index (Phi) is 2.74. The zero-order valence-electron chi connectivity index (χ0n) is 9.52. The van der Waals surface area contributed by atoms with Gasteiger partial charge in [-0.1, -0.05) is 13.8 Å². The van der Waals surface area contributed by atoms with Crippen molar-refractivity contribution in [1.82, 2.24) is 4.98 Å². The zero-order chi connectivity index (χ0) is 10.2. The van der Waals surface area contributed by atoms with Crippen molar-refractivity contribution < 1.29 is 0 Å². The molecule has 0 aliphatic carbocycles. The molecule has 0 aliphatic heterocycles. The fourth-order valence-electron chi connectivity index (χ4n) is 1.99. The van der Waals surface area contributed by atoms with Gasteiger partial charge in [0.05, 0.1) is 0 Å². The van der Waals surface area contributed by atoms with Crippen LogP contribution in [0.3, 0.4) is 0 Å². The maximum atomic E-state index is 4.56. The molecule has 1 heteroatoms. The largest absolute Gasteiger partial charge is 0.258 e. The topological polar surface area (TPSA) is 12.9 Å². The van der Waals surface area contributed by atoms with Crippen LogP contribution in [0.4, 0.5) is 0 Å². The predicted octanol–water partition coefficient (Wildman–Crippen LogP) is 3.44. The first-order valence-corrected chi connectivity index (χ1v) is 4.89. The quantitative estimate of drug-likeness (QED) is 0.640. The van der Waals surface area contributed by atoms with Crippen LogP contribution in [0.1, 0.15) is 47.8 Å². The number of hydrogen-bond acceptors (Lipinski definition) is 1. The molecule has 0 aromatic carbocycles. The molecular weight excluding hydrogens is 158 g/mol. The monoisotopic (exact) mass is 177 g/mol. The van der Waals surface area contributed by atoms with Crippen molar-refractivity contribution >= 4 is 0 Å². The van der Waals surface area contributed by atoms with E-state index in [1.54, 1.807) is 0 Å². The van der Waals surface area contributed by atoms with Crippen LogP contribution in [0.15, 0.2) is 0 Å². The van der Waals surface area contributed by atoms with Gasteiger partial charge in [-0.3, -0.25) is 4.98 Å². The third-order valence-electron chi connectivity index (χ3n) is 2.81. The first-order valence-electron chi connectivity index (χ1n) is 4.89. The SMILES string of the molecule is Cc1nc(C)c(C(C)C)c(C)c1C. The second-order valence-corrected chi connectivity index (χ2v) is 4.10. The van der Waals surface area contributed by atoms with Gasteiger partial charge in [-0.2, -0.15) is 0 Å². The summed E-state index contributed by atoms with van der Waals surface area (Å²) >= 11 is 0. The minimum atomic E-state index is 0.576. The highest BCUT2D eigenvalue weighted by atomic mass is 14.7. The molecular formula is C12H19N. The van der Waals surface area contributed by atoms with Crippen molar-refractivity contribution in [3.8, 4) is 0 Å². The Morgan fingerprint density at radius 3 is 1.85 bits per heavy atom. The molecule has 0 N–H and O–H groups in total. The summed E-state index contributed by atoms with van der Waals surface area (Å²) in [6, 6.07) is 0. The van der Waals surface area contributed by atoms with Crippen LogP contribution < -0.4 is 0 Å². The Morgan fingerprint density at radius 1 is 0.846 bits per heavy atom. The fourth-order valence-corrected chi connectivity index (χ4v) is 1.99. The molecule has 1 heterocycles. The maximum Gasteiger partial charge on any atom is 0.0413 e. The summed E-state index contributed by atoms with van der Waals surface area (Å²) in [7, 11) is 0. The number of rotatable bonds is 1. The minimum Gasteiger partial charge on any atom is -0.258 e. The normalized spacial score (nSPS) is 11.0. The van der Waals surface area contributed by atoms with E-state index in [2.05, 4.69) is 46.5 Å². The molecule has 0 radical (unpaired) electrons.